The number of benzene rings is 3. The molecule has 29 heavy (non-hydrogen) atoms. The highest BCUT2D eigenvalue weighted by atomic mass is 16.6. The first-order valence-electron chi connectivity index (χ1n) is 10.0. The molecule has 3 aromatic rings. The zero-order valence-corrected chi connectivity index (χ0v) is 16.3. The molecule has 0 fully saturated rings. The molecular weight excluding hydrogens is 362 g/mol. The minimum Gasteiger partial charge on any atom is -0.444 e. The Bertz CT molecular complexity index is 956. The second kappa shape index (κ2) is 8.93. The van der Waals surface area contributed by atoms with Crippen LogP contribution in [0.25, 0.3) is 0 Å². The van der Waals surface area contributed by atoms with E-state index in [4.69, 9.17) is 4.74 Å². The standard InChI is InChI=1S/C25H25NO3/c27-24-14-12-21-15-23(13-11-22(21)16-24)26(17-19-7-3-1-4-8-19)25(28)29-18-20-9-5-2-6-10-20/h1-11,13,15,24,27H,12,14,16-18H2. The number of rotatable bonds is 5. The van der Waals surface area contributed by atoms with E-state index < -0.39 is 0 Å². The molecule has 0 bridgehead atoms. The fraction of sp³-hybridized carbons (Fsp3) is 0.240. The van der Waals surface area contributed by atoms with Crippen LogP contribution >= 0.6 is 0 Å². The van der Waals surface area contributed by atoms with Crippen LogP contribution < -0.4 is 4.90 Å². The van der Waals surface area contributed by atoms with Gasteiger partial charge in [0.2, 0.25) is 0 Å². The first kappa shape index (κ1) is 19.2. The summed E-state index contributed by atoms with van der Waals surface area (Å²) in [5.41, 5.74) is 5.17. The first-order valence-corrected chi connectivity index (χ1v) is 10.0. The molecule has 1 unspecified atom stereocenters. The summed E-state index contributed by atoms with van der Waals surface area (Å²) in [5.74, 6) is 0. The number of hydrogen-bond acceptors (Lipinski definition) is 3. The maximum Gasteiger partial charge on any atom is 0.414 e. The van der Waals surface area contributed by atoms with E-state index in [-0.39, 0.29) is 18.8 Å². The van der Waals surface area contributed by atoms with Gasteiger partial charge in [0.15, 0.2) is 0 Å². The number of aryl methyl sites for hydroxylation is 1. The third-order valence-electron chi connectivity index (χ3n) is 5.31. The summed E-state index contributed by atoms with van der Waals surface area (Å²) in [6, 6.07) is 25.6. The zero-order valence-electron chi connectivity index (χ0n) is 16.3. The number of nitrogens with zero attached hydrogens (tertiary/aromatic N) is 1. The predicted molar refractivity (Wildman–Crippen MR) is 114 cm³/mol. The van der Waals surface area contributed by atoms with Crippen molar-refractivity contribution < 1.29 is 14.6 Å². The molecule has 3 aromatic carbocycles. The number of amides is 1. The van der Waals surface area contributed by atoms with E-state index in [0.717, 1.165) is 35.2 Å². The molecule has 1 N–H and O–H groups in total. The van der Waals surface area contributed by atoms with Crippen molar-refractivity contribution in [2.75, 3.05) is 4.90 Å². The summed E-state index contributed by atoms with van der Waals surface area (Å²) in [6.45, 7) is 0.679. The molecule has 148 valence electrons. The third-order valence-corrected chi connectivity index (χ3v) is 5.31. The molecule has 0 aromatic heterocycles. The van der Waals surface area contributed by atoms with E-state index in [0.29, 0.717) is 13.0 Å². The molecule has 0 heterocycles. The fourth-order valence-corrected chi connectivity index (χ4v) is 3.71. The number of anilines is 1. The monoisotopic (exact) mass is 387 g/mol. The van der Waals surface area contributed by atoms with Gasteiger partial charge in [0.1, 0.15) is 6.61 Å². The third kappa shape index (κ3) is 4.84. The Morgan fingerprint density at radius 3 is 2.34 bits per heavy atom. The topological polar surface area (TPSA) is 49.8 Å². The molecule has 0 saturated carbocycles. The summed E-state index contributed by atoms with van der Waals surface area (Å²) in [4.78, 5) is 14.7. The maximum atomic E-state index is 13.0. The highest BCUT2D eigenvalue weighted by Gasteiger charge is 2.22. The van der Waals surface area contributed by atoms with E-state index in [9.17, 15) is 9.90 Å². The largest absolute Gasteiger partial charge is 0.444 e. The van der Waals surface area contributed by atoms with Crippen molar-refractivity contribution in [1.82, 2.24) is 0 Å². The Kier molecular flexibility index (Phi) is 5.92. The Balaban J connectivity index is 1.57. The van der Waals surface area contributed by atoms with Crippen molar-refractivity contribution >= 4 is 11.8 Å². The predicted octanol–water partition coefficient (Wildman–Crippen LogP) is 4.88. The lowest BCUT2D eigenvalue weighted by Crippen LogP contribution is -2.31. The molecule has 0 spiro atoms. The van der Waals surface area contributed by atoms with Gasteiger partial charge in [-0.2, -0.15) is 0 Å². The number of carbonyl (C=O) groups excluding carboxylic acids is 1. The van der Waals surface area contributed by atoms with Crippen LogP contribution in [0.15, 0.2) is 78.9 Å². The van der Waals surface area contributed by atoms with Gasteiger partial charge in [-0.05, 0) is 53.6 Å². The van der Waals surface area contributed by atoms with E-state index in [1.807, 2.05) is 72.8 Å². The molecular formula is C25H25NO3. The molecule has 1 amide bonds. The molecule has 1 aliphatic rings. The van der Waals surface area contributed by atoms with Crippen molar-refractivity contribution in [2.24, 2.45) is 0 Å². The quantitative estimate of drug-likeness (QED) is 0.679. The summed E-state index contributed by atoms with van der Waals surface area (Å²) in [7, 11) is 0. The number of aliphatic hydroxyl groups excluding tert-OH is 1. The molecule has 1 atom stereocenters. The average molecular weight is 387 g/mol. The molecule has 0 radical (unpaired) electrons. The minimum absolute atomic E-state index is 0.238. The summed E-state index contributed by atoms with van der Waals surface area (Å²) >= 11 is 0. The molecule has 4 rings (SSSR count). The number of ether oxygens (including phenoxy) is 1. The van der Waals surface area contributed by atoms with Crippen LogP contribution in [0.3, 0.4) is 0 Å². The second-order valence-electron chi connectivity index (χ2n) is 7.46. The van der Waals surface area contributed by atoms with Crippen LogP contribution in [0.1, 0.15) is 28.7 Å². The zero-order chi connectivity index (χ0) is 20.1. The SMILES string of the molecule is O=C(OCc1ccccc1)N(Cc1ccccc1)c1ccc2c(c1)CCC(O)C2. The summed E-state index contributed by atoms with van der Waals surface area (Å²) in [6.07, 6.45) is 1.61. The van der Waals surface area contributed by atoms with E-state index >= 15 is 0 Å². The van der Waals surface area contributed by atoms with Crippen molar-refractivity contribution in [1.29, 1.82) is 0 Å². The normalized spacial score (nSPS) is 15.4. The van der Waals surface area contributed by atoms with Gasteiger partial charge in [-0.1, -0.05) is 66.7 Å². The Morgan fingerprint density at radius 2 is 1.62 bits per heavy atom. The van der Waals surface area contributed by atoms with Gasteiger partial charge in [-0.25, -0.2) is 4.79 Å². The lowest BCUT2D eigenvalue weighted by Gasteiger charge is -2.26. The molecule has 4 heteroatoms. The smallest absolute Gasteiger partial charge is 0.414 e. The highest BCUT2D eigenvalue weighted by molar-refractivity contribution is 5.87. The van der Waals surface area contributed by atoms with Crippen LogP contribution in [0.5, 0.6) is 0 Å². The molecule has 0 saturated heterocycles. The van der Waals surface area contributed by atoms with E-state index in [1.165, 1.54) is 5.56 Å². The van der Waals surface area contributed by atoms with E-state index in [2.05, 4.69) is 6.07 Å². The summed E-state index contributed by atoms with van der Waals surface area (Å²) < 4.78 is 5.62. The van der Waals surface area contributed by atoms with Gasteiger partial charge in [0.25, 0.3) is 0 Å². The minimum atomic E-state index is -0.367. The molecule has 4 nitrogen and oxygen atoms in total. The van der Waals surface area contributed by atoms with E-state index in [1.54, 1.807) is 4.90 Å². The number of aliphatic hydroxyl groups is 1. The Morgan fingerprint density at radius 1 is 0.931 bits per heavy atom. The van der Waals surface area contributed by atoms with Crippen molar-refractivity contribution in [3.8, 4) is 0 Å². The van der Waals surface area contributed by atoms with Gasteiger partial charge >= 0.3 is 6.09 Å². The summed E-state index contributed by atoms with van der Waals surface area (Å²) in [5, 5.41) is 9.91. The average Bonchev–Trinajstić information content (AvgIpc) is 2.77. The first-order chi connectivity index (χ1) is 14.2. The Hall–Kier alpha value is -3.11. The van der Waals surface area contributed by atoms with Crippen molar-refractivity contribution in [3.63, 3.8) is 0 Å². The van der Waals surface area contributed by atoms with Crippen LogP contribution in [0.4, 0.5) is 10.5 Å². The molecule has 0 aliphatic heterocycles. The lowest BCUT2D eigenvalue weighted by molar-refractivity contribution is 0.146. The number of fused-ring (bicyclic) bond motifs is 1. The van der Waals surface area contributed by atoms with Crippen LogP contribution in [0, 0.1) is 0 Å². The fourth-order valence-electron chi connectivity index (χ4n) is 3.71. The van der Waals surface area contributed by atoms with Crippen molar-refractivity contribution in [2.45, 2.75) is 38.5 Å². The van der Waals surface area contributed by atoms with Crippen LogP contribution in [0.2, 0.25) is 0 Å². The van der Waals surface area contributed by atoms with Gasteiger partial charge in [0.05, 0.1) is 12.6 Å². The Labute approximate surface area is 171 Å². The van der Waals surface area contributed by atoms with Crippen molar-refractivity contribution in [3.05, 3.63) is 101 Å². The lowest BCUT2D eigenvalue weighted by atomic mass is 9.89. The number of carbonyl (C=O) groups is 1. The highest BCUT2D eigenvalue weighted by Crippen LogP contribution is 2.28. The van der Waals surface area contributed by atoms with Crippen LogP contribution in [-0.2, 0) is 30.7 Å². The maximum absolute atomic E-state index is 13.0. The van der Waals surface area contributed by atoms with Gasteiger partial charge in [-0.15, -0.1) is 0 Å². The van der Waals surface area contributed by atoms with Gasteiger partial charge in [-0.3, -0.25) is 4.90 Å². The number of hydrogen-bond donors (Lipinski definition) is 1. The molecule has 1 aliphatic carbocycles. The second-order valence-corrected chi connectivity index (χ2v) is 7.46. The van der Waals surface area contributed by atoms with Crippen LogP contribution in [-0.4, -0.2) is 17.3 Å². The van der Waals surface area contributed by atoms with Gasteiger partial charge < -0.3 is 9.84 Å². The van der Waals surface area contributed by atoms with Gasteiger partial charge in [0, 0.05) is 5.69 Å².